The number of imidazole rings is 1. The Balaban J connectivity index is 0.000000182. The highest BCUT2D eigenvalue weighted by Crippen LogP contribution is 2.28. The third-order valence-corrected chi connectivity index (χ3v) is 13.0. The third kappa shape index (κ3) is 12.6. The average molecular weight is 890 g/mol. The van der Waals surface area contributed by atoms with Crippen LogP contribution in [0.1, 0.15) is 57.7 Å². The SMILES string of the molecule is Cc1cc(C)n2nc(CCC3=NC(c4cccs4)=CC3)nc2c1.Cc1cc(C)n2nc(CCc3nc(-c4cccs4)cn3COCC[Si](C)(C)C)nc2c1.O=C(O)C(F)(F)F. The second-order valence-corrected chi connectivity index (χ2v) is 23.6. The van der Waals surface area contributed by atoms with E-state index in [4.69, 9.17) is 34.7 Å². The summed E-state index contributed by atoms with van der Waals surface area (Å²) in [4.78, 5) is 30.4. The number of allylic oxidation sites excluding steroid dienone is 1. The summed E-state index contributed by atoms with van der Waals surface area (Å²) in [5, 5.41) is 20.6. The lowest BCUT2D eigenvalue weighted by Crippen LogP contribution is -2.22. The Hall–Kier alpha value is -5.30. The van der Waals surface area contributed by atoms with Crippen LogP contribution in [-0.2, 0) is 35.5 Å². The maximum Gasteiger partial charge on any atom is 0.490 e. The summed E-state index contributed by atoms with van der Waals surface area (Å²) in [6.45, 7) is 16.8. The number of carboxylic acids is 1. The number of halogens is 3. The molecule has 0 spiro atoms. The van der Waals surface area contributed by atoms with Crippen LogP contribution >= 0.6 is 22.7 Å². The van der Waals surface area contributed by atoms with E-state index in [1.54, 1.807) is 22.7 Å². The van der Waals surface area contributed by atoms with Gasteiger partial charge in [-0.3, -0.25) is 4.99 Å². The maximum atomic E-state index is 10.6. The van der Waals surface area contributed by atoms with Gasteiger partial charge in [-0.2, -0.15) is 23.4 Å². The first-order valence-electron chi connectivity index (χ1n) is 19.9. The Bertz CT molecular complexity index is 2640. The van der Waals surface area contributed by atoms with E-state index >= 15 is 0 Å². The minimum Gasteiger partial charge on any atom is -0.475 e. The number of alkyl halides is 3. The number of pyridine rings is 2. The largest absolute Gasteiger partial charge is 0.490 e. The van der Waals surface area contributed by atoms with Crippen LogP contribution in [0.15, 0.2) is 76.6 Å². The number of carboxylic acid groups (broad SMARTS) is 1. The summed E-state index contributed by atoms with van der Waals surface area (Å²) in [7, 11) is -1.10. The number of nitrogens with zero attached hydrogens (tertiary/aromatic N) is 9. The van der Waals surface area contributed by atoms with Crippen LogP contribution in [-0.4, -0.2) is 76.4 Å². The first-order valence-corrected chi connectivity index (χ1v) is 25.3. The van der Waals surface area contributed by atoms with E-state index < -0.39 is 20.2 Å². The minimum absolute atomic E-state index is 0.537. The molecule has 1 aliphatic heterocycles. The highest BCUT2D eigenvalue weighted by Gasteiger charge is 2.38. The number of rotatable bonds is 13. The quantitative estimate of drug-likeness (QED) is 0.0893. The molecule has 61 heavy (non-hydrogen) atoms. The van der Waals surface area contributed by atoms with Crippen molar-refractivity contribution in [3.63, 3.8) is 0 Å². The van der Waals surface area contributed by atoms with E-state index in [1.807, 2.05) is 9.03 Å². The molecule has 0 radical (unpaired) electrons. The van der Waals surface area contributed by atoms with Gasteiger partial charge in [0.15, 0.2) is 22.9 Å². The number of aliphatic imine (C=N–C) groups is 1. The number of aryl methyl sites for hydroxylation is 7. The van der Waals surface area contributed by atoms with Gasteiger partial charge in [-0.15, -0.1) is 22.7 Å². The zero-order valence-electron chi connectivity index (χ0n) is 35.3. The van der Waals surface area contributed by atoms with E-state index in [1.165, 1.54) is 32.6 Å². The van der Waals surface area contributed by atoms with E-state index in [9.17, 15) is 13.2 Å². The van der Waals surface area contributed by atoms with Crippen LogP contribution in [0.4, 0.5) is 13.2 Å². The monoisotopic (exact) mass is 889 g/mol. The van der Waals surface area contributed by atoms with Gasteiger partial charge >= 0.3 is 12.1 Å². The van der Waals surface area contributed by atoms with Gasteiger partial charge in [-0.05, 0) is 98.4 Å². The first-order chi connectivity index (χ1) is 28.9. The molecular formula is C43H50F3N9O3S2Si. The molecular weight excluding hydrogens is 840 g/mol. The fourth-order valence-electron chi connectivity index (χ4n) is 6.47. The molecule has 7 aromatic rings. The molecule has 8 heterocycles. The van der Waals surface area contributed by atoms with Crippen molar-refractivity contribution in [2.24, 2.45) is 4.99 Å². The number of hydrogen-bond acceptors (Lipinski definition) is 10. The number of hydrogen-bond donors (Lipinski definition) is 1. The molecule has 8 rings (SSSR count). The van der Waals surface area contributed by atoms with Gasteiger partial charge in [0.2, 0.25) is 0 Å². The smallest absolute Gasteiger partial charge is 0.475 e. The van der Waals surface area contributed by atoms with Crippen LogP contribution in [0.2, 0.25) is 25.7 Å². The average Bonchev–Trinajstić information content (AvgIpc) is 4.02. The topological polar surface area (TPSA) is 137 Å². The minimum atomic E-state index is -5.08. The second kappa shape index (κ2) is 19.6. The Morgan fingerprint density at radius 2 is 1.38 bits per heavy atom. The number of ether oxygens (including phenoxy) is 1. The molecule has 7 aromatic heterocycles. The molecule has 0 aromatic carbocycles. The van der Waals surface area contributed by atoms with E-state index in [0.29, 0.717) is 6.73 Å². The molecule has 322 valence electrons. The Morgan fingerprint density at radius 3 is 1.90 bits per heavy atom. The van der Waals surface area contributed by atoms with Crippen molar-refractivity contribution in [3.05, 3.63) is 116 Å². The fourth-order valence-corrected chi connectivity index (χ4v) is 8.62. The van der Waals surface area contributed by atoms with Gasteiger partial charge in [-0.1, -0.05) is 37.8 Å². The fraction of sp³-hybridized carbons (Fsp3) is 0.372. The summed E-state index contributed by atoms with van der Waals surface area (Å²) in [5.41, 5.74) is 9.84. The number of carbonyl (C=O) groups is 1. The van der Waals surface area contributed by atoms with Gasteiger partial charge in [0.25, 0.3) is 0 Å². The third-order valence-electron chi connectivity index (χ3n) is 9.50. The molecule has 1 aliphatic rings. The highest BCUT2D eigenvalue weighted by atomic mass is 32.1. The molecule has 0 bridgehead atoms. The van der Waals surface area contributed by atoms with Crippen molar-refractivity contribution in [1.82, 2.24) is 38.7 Å². The number of fused-ring (bicyclic) bond motifs is 2. The number of aliphatic carboxylic acids is 1. The van der Waals surface area contributed by atoms with Crippen molar-refractivity contribution >= 4 is 59.4 Å². The molecule has 12 nitrogen and oxygen atoms in total. The van der Waals surface area contributed by atoms with Crippen molar-refractivity contribution in [2.75, 3.05) is 6.61 Å². The molecule has 0 atom stereocenters. The van der Waals surface area contributed by atoms with Gasteiger partial charge in [0.05, 0.1) is 21.1 Å². The Kier molecular flexibility index (Phi) is 14.5. The maximum absolute atomic E-state index is 10.6. The normalized spacial score (nSPS) is 12.9. The summed E-state index contributed by atoms with van der Waals surface area (Å²) in [6.07, 6.45) is 3.46. The zero-order chi connectivity index (χ0) is 43.9. The molecule has 0 aliphatic carbocycles. The van der Waals surface area contributed by atoms with Crippen LogP contribution in [0, 0.1) is 27.7 Å². The predicted octanol–water partition coefficient (Wildman–Crippen LogP) is 10.2. The van der Waals surface area contributed by atoms with Crippen LogP contribution in [0.3, 0.4) is 0 Å². The first kappa shape index (κ1) is 45.2. The van der Waals surface area contributed by atoms with E-state index in [2.05, 4.69) is 134 Å². The number of aromatic nitrogens is 8. The molecule has 0 amide bonds. The molecule has 0 fully saturated rings. The van der Waals surface area contributed by atoms with Gasteiger partial charge in [-0.25, -0.2) is 28.8 Å². The van der Waals surface area contributed by atoms with Crippen molar-refractivity contribution in [2.45, 2.75) is 98.4 Å². The molecule has 0 saturated carbocycles. The van der Waals surface area contributed by atoms with Crippen molar-refractivity contribution < 1.29 is 27.8 Å². The van der Waals surface area contributed by atoms with E-state index in [0.717, 1.165) is 90.3 Å². The van der Waals surface area contributed by atoms with Crippen LogP contribution < -0.4 is 0 Å². The molecule has 0 saturated heterocycles. The summed E-state index contributed by atoms with van der Waals surface area (Å²) >= 11 is 3.45. The molecule has 0 unspecified atom stereocenters. The molecule has 1 N–H and O–H groups in total. The van der Waals surface area contributed by atoms with Crippen molar-refractivity contribution in [3.8, 4) is 10.6 Å². The lowest BCUT2D eigenvalue weighted by Gasteiger charge is -2.16. The standard InChI is InChI=1S/C23H31N5OSSi.C18H18N4S.C2HF3O2/c1-17-13-18(2)28-23(14-17)25-21(26-28)8-9-22-24-19(20-7-6-11-30-20)15-27(22)16-29-10-12-31(3,4)5;1-12-10-13(2)22-18(11-12)20-17(21-22)8-6-14-5-7-15(19-14)16-4-3-9-23-16;3-2(4,5)1(6)7/h6-7,11,13-15H,8-10,12,16H2,1-5H3;3-4,7,9-11H,5-6,8H2,1-2H3;(H,6,7). The summed E-state index contributed by atoms with van der Waals surface area (Å²) in [5.74, 6) is 0.00205. The van der Waals surface area contributed by atoms with Gasteiger partial charge in [0, 0.05) is 63.7 Å². The van der Waals surface area contributed by atoms with Gasteiger partial charge in [0.1, 0.15) is 12.6 Å². The zero-order valence-corrected chi connectivity index (χ0v) is 38.0. The summed E-state index contributed by atoms with van der Waals surface area (Å²) in [6, 6.07) is 17.9. The Morgan fingerprint density at radius 1 is 0.820 bits per heavy atom. The second-order valence-electron chi connectivity index (χ2n) is 16.0. The number of thiophene rings is 2. The molecule has 18 heteroatoms. The summed E-state index contributed by atoms with van der Waals surface area (Å²) < 4.78 is 43.7. The highest BCUT2D eigenvalue weighted by molar-refractivity contribution is 7.13. The van der Waals surface area contributed by atoms with Crippen LogP contribution in [0.5, 0.6) is 0 Å². The van der Waals surface area contributed by atoms with Crippen molar-refractivity contribution in [1.29, 1.82) is 0 Å². The lowest BCUT2D eigenvalue weighted by atomic mass is 10.1. The van der Waals surface area contributed by atoms with Gasteiger partial charge < -0.3 is 14.4 Å². The lowest BCUT2D eigenvalue weighted by molar-refractivity contribution is -0.192. The van der Waals surface area contributed by atoms with Crippen LogP contribution in [0.25, 0.3) is 27.6 Å². The van der Waals surface area contributed by atoms with E-state index in [-0.39, 0.29) is 0 Å². The Labute approximate surface area is 361 Å². The predicted molar refractivity (Wildman–Crippen MR) is 238 cm³/mol.